The van der Waals surface area contributed by atoms with Crippen molar-refractivity contribution in [2.75, 3.05) is 25.1 Å². The lowest BCUT2D eigenvalue weighted by Crippen LogP contribution is -2.60. The van der Waals surface area contributed by atoms with Crippen molar-refractivity contribution in [1.82, 2.24) is 10.2 Å². The summed E-state index contributed by atoms with van der Waals surface area (Å²) in [6.07, 6.45) is 5.78. The summed E-state index contributed by atoms with van der Waals surface area (Å²) in [5.41, 5.74) is 0. The molecule has 2 aliphatic rings. The third-order valence-corrected chi connectivity index (χ3v) is 3.61. The van der Waals surface area contributed by atoms with Crippen LogP contribution in [0, 0.1) is 0 Å². The number of rotatable bonds is 2. The quantitative estimate of drug-likeness (QED) is 0.798. The maximum Gasteiger partial charge on any atom is 0.232 e. The fourth-order valence-electron chi connectivity index (χ4n) is 2.42. The number of thioether (sulfide) groups is 1. The van der Waals surface area contributed by atoms with E-state index in [0.29, 0.717) is 23.7 Å². The van der Waals surface area contributed by atoms with Crippen LogP contribution in [0.1, 0.15) is 19.3 Å². The molecular weight excluding hydrogens is 232 g/mol. The molecule has 15 heavy (non-hydrogen) atoms. The molecule has 0 aromatic carbocycles. The van der Waals surface area contributed by atoms with Crippen molar-refractivity contribution in [3.8, 4) is 0 Å². The molecule has 3 nitrogen and oxygen atoms in total. The van der Waals surface area contributed by atoms with Gasteiger partial charge in [-0.3, -0.25) is 4.79 Å². The van der Waals surface area contributed by atoms with Crippen LogP contribution in [0.25, 0.3) is 0 Å². The molecule has 0 aromatic rings. The number of hydrogen-bond acceptors (Lipinski definition) is 3. The van der Waals surface area contributed by atoms with Crippen molar-refractivity contribution >= 4 is 30.1 Å². The van der Waals surface area contributed by atoms with Crippen LogP contribution in [-0.2, 0) is 4.79 Å². The van der Waals surface area contributed by atoms with Gasteiger partial charge < -0.3 is 10.2 Å². The summed E-state index contributed by atoms with van der Waals surface area (Å²) in [6.45, 7) is 1.85. The van der Waals surface area contributed by atoms with Gasteiger partial charge in [-0.1, -0.05) is 6.42 Å². The first-order chi connectivity index (χ1) is 6.79. The number of nitrogens with one attached hydrogen (secondary N) is 1. The average molecular weight is 251 g/mol. The highest BCUT2D eigenvalue weighted by atomic mass is 35.5. The monoisotopic (exact) mass is 250 g/mol. The number of fused-ring (bicyclic) bond motifs is 2. The summed E-state index contributed by atoms with van der Waals surface area (Å²) in [6, 6.07) is 1.13. The topological polar surface area (TPSA) is 32.3 Å². The van der Waals surface area contributed by atoms with Crippen LogP contribution >= 0.6 is 24.2 Å². The summed E-state index contributed by atoms with van der Waals surface area (Å²) < 4.78 is 0. The van der Waals surface area contributed by atoms with Crippen molar-refractivity contribution in [2.45, 2.75) is 31.3 Å². The second-order valence-corrected chi connectivity index (χ2v) is 5.09. The number of halogens is 1. The lowest BCUT2D eigenvalue weighted by atomic mass is 9.94. The van der Waals surface area contributed by atoms with Crippen molar-refractivity contribution in [3.05, 3.63) is 0 Å². The van der Waals surface area contributed by atoms with Crippen LogP contribution in [-0.4, -0.2) is 48.0 Å². The number of hydrogen-bond donors (Lipinski definition) is 1. The van der Waals surface area contributed by atoms with Crippen LogP contribution in [0.5, 0.6) is 0 Å². The minimum absolute atomic E-state index is 0. The number of piperazine rings is 1. The van der Waals surface area contributed by atoms with Gasteiger partial charge in [0.1, 0.15) is 0 Å². The lowest BCUT2D eigenvalue weighted by molar-refractivity contribution is -0.130. The number of carbonyl (C=O) groups excluding carboxylic acids is 1. The van der Waals surface area contributed by atoms with Gasteiger partial charge in [-0.05, 0) is 19.1 Å². The fraction of sp³-hybridized carbons (Fsp3) is 0.900. The maximum absolute atomic E-state index is 11.7. The fourth-order valence-corrected chi connectivity index (χ4v) is 2.85. The summed E-state index contributed by atoms with van der Waals surface area (Å²) in [5.74, 6) is 0.954. The highest BCUT2D eigenvalue weighted by Crippen LogP contribution is 2.19. The van der Waals surface area contributed by atoms with Gasteiger partial charge in [0.2, 0.25) is 5.91 Å². The van der Waals surface area contributed by atoms with Crippen molar-refractivity contribution < 1.29 is 4.79 Å². The van der Waals surface area contributed by atoms with Gasteiger partial charge in [-0.15, -0.1) is 12.4 Å². The van der Waals surface area contributed by atoms with Crippen molar-refractivity contribution in [2.24, 2.45) is 0 Å². The molecule has 0 aromatic heterocycles. The molecule has 0 spiro atoms. The lowest BCUT2D eigenvalue weighted by Gasteiger charge is -2.42. The van der Waals surface area contributed by atoms with Crippen LogP contribution in [0.15, 0.2) is 0 Å². The summed E-state index contributed by atoms with van der Waals surface area (Å²) in [4.78, 5) is 13.7. The largest absolute Gasteiger partial charge is 0.339 e. The van der Waals surface area contributed by atoms with E-state index in [0.717, 1.165) is 13.1 Å². The van der Waals surface area contributed by atoms with Gasteiger partial charge in [-0.25, -0.2) is 0 Å². The molecule has 2 bridgehead atoms. The predicted molar refractivity (Wildman–Crippen MR) is 66.8 cm³/mol. The highest BCUT2D eigenvalue weighted by molar-refractivity contribution is 7.99. The van der Waals surface area contributed by atoms with E-state index in [2.05, 4.69) is 5.32 Å². The van der Waals surface area contributed by atoms with E-state index < -0.39 is 0 Å². The van der Waals surface area contributed by atoms with Crippen LogP contribution in [0.2, 0.25) is 0 Å². The molecule has 2 unspecified atom stereocenters. The Balaban J connectivity index is 0.00000112. The second-order valence-electron chi connectivity index (χ2n) is 4.22. The maximum atomic E-state index is 11.7. The molecule has 2 heterocycles. The van der Waals surface area contributed by atoms with Gasteiger partial charge in [0.05, 0.1) is 5.75 Å². The first-order valence-electron chi connectivity index (χ1n) is 5.32. The Kier molecular flexibility index (Phi) is 5.23. The highest BCUT2D eigenvalue weighted by Gasteiger charge is 2.31. The third-order valence-electron chi connectivity index (χ3n) is 3.08. The van der Waals surface area contributed by atoms with Crippen LogP contribution in [0.4, 0.5) is 0 Å². The zero-order valence-electron chi connectivity index (χ0n) is 9.07. The molecule has 2 fully saturated rings. The molecular formula is C10H19ClN2OS. The molecule has 2 atom stereocenters. The SMILES string of the molecule is CSCC(=O)N1CC2CCCC(C1)N2.Cl. The smallest absolute Gasteiger partial charge is 0.232 e. The number of carbonyl (C=O) groups is 1. The first kappa shape index (κ1) is 13.1. The normalized spacial score (nSPS) is 29.5. The van der Waals surface area contributed by atoms with Crippen LogP contribution in [0.3, 0.4) is 0 Å². The Labute approximate surface area is 102 Å². The minimum atomic E-state index is 0. The molecule has 2 rings (SSSR count). The van der Waals surface area contributed by atoms with E-state index in [1.54, 1.807) is 11.8 Å². The number of piperidine rings is 1. The molecule has 0 radical (unpaired) electrons. The Morgan fingerprint density at radius 3 is 2.53 bits per heavy atom. The Hall–Kier alpha value is 0.0700. The molecule has 0 saturated carbocycles. The zero-order valence-corrected chi connectivity index (χ0v) is 10.7. The number of amides is 1. The molecule has 2 aliphatic heterocycles. The van der Waals surface area contributed by atoms with Gasteiger partial charge in [0, 0.05) is 25.2 Å². The Morgan fingerprint density at radius 1 is 1.40 bits per heavy atom. The summed E-state index contributed by atoms with van der Waals surface area (Å²) in [7, 11) is 0. The van der Waals surface area contributed by atoms with E-state index in [1.807, 2.05) is 11.2 Å². The van der Waals surface area contributed by atoms with Gasteiger partial charge in [0.15, 0.2) is 0 Å². The van der Waals surface area contributed by atoms with Gasteiger partial charge in [0.25, 0.3) is 0 Å². The van der Waals surface area contributed by atoms with E-state index in [4.69, 9.17) is 0 Å². The molecule has 5 heteroatoms. The van der Waals surface area contributed by atoms with Gasteiger partial charge >= 0.3 is 0 Å². The van der Waals surface area contributed by atoms with Crippen molar-refractivity contribution in [3.63, 3.8) is 0 Å². The van der Waals surface area contributed by atoms with E-state index in [1.165, 1.54) is 19.3 Å². The molecule has 0 aliphatic carbocycles. The molecule has 1 amide bonds. The third kappa shape index (κ3) is 3.26. The standard InChI is InChI=1S/C10H18N2OS.ClH/c1-14-7-10(13)12-5-8-3-2-4-9(6-12)11-8;/h8-9,11H,2-7H2,1H3;1H. The van der Waals surface area contributed by atoms with Crippen molar-refractivity contribution in [1.29, 1.82) is 0 Å². The summed E-state index contributed by atoms with van der Waals surface area (Å²) >= 11 is 1.62. The Morgan fingerprint density at radius 2 is 2.00 bits per heavy atom. The minimum Gasteiger partial charge on any atom is -0.339 e. The number of likely N-dealkylation sites (tertiary alicyclic amines) is 1. The second kappa shape index (κ2) is 5.97. The van der Waals surface area contributed by atoms with E-state index in [9.17, 15) is 4.79 Å². The summed E-state index contributed by atoms with van der Waals surface area (Å²) in [5, 5.41) is 3.58. The molecule has 2 saturated heterocycles. The predicted octanol–water partition coefficient (Wildman–Crippen LogP) is 1.12. The zero-order chi connectivity index (χ0) is 9.97. The van der Waals surface area contributed by atoms with Gasteiger partial charge in [-0.2, -0.15) is 11.8 Å². The molecule has 1 N–H and O–H groups in total. The van der Waals surface area contributed by atoms with E-state index in [-0.39, 0.29) is 12.4 Å². The average Bonchev–Trinajstić information content (AvgIpc) is 2.17. The Bertz CT molecular complexity index is 215. The van der Waals surface area contributed by atoms with Crippen LogP contribution < -0.4 is 5.32 Å². The molecule has 88 valence electrons. The van der Waals surface area contributed by atoms with E-state index >= 15 is 0 Å². The first-order valence-corrected chi connectivity index (χ1v) is 6.71. The number of nitrogens with zero attached hydrogens (tertiary/aromatic N) is 1.